The quantitative estimate of drug-likeness (QED) is 0.823. The number of hydrogen-bond acceptors (Lipinski definition) is 2. The molecule has 1 aromatic heterocycles. The van der Waals surface area contributed by atoms with Crippen LogP contribution in [-0.2, 0) is 12.7 Å². The van der Waals surface area contributed by atoms with Gasteiger partial charge in [0, 0.05) is 18.9 Å². The van der Waals surface area contributed by atoms with Crippen molar-refractivity contribution in [2.75, 3.05) is 0 Å². The largest absolute Gasteiger partial charge is 0.416 e. The fraction of sp³-hybridized carbons (Fsp3) is 0.167. The highest BCUT2D eigenvalue weighted by molar-refractivity contribution is 5.26. The Kier molecular flexibility index (Phi) is 3.06. The lowest BCUT2D eigenvalue weighted by Gasteiger charge is -2.09. The number of alkyl halides is 3. The summed E-state index contributed by atoms with van der Waals surface area (Å²) < 4.78 is 39.1. The maximum atomic E-state index is 12.5. The van der Waals surface area contributed by atoms with Gasteiger partial charge in [0.2, 0.25) is 5.82 Å². The predicted octanol–water partition coefficient (Wildman–Crippen LogP) is 2.82. The average Bonchev–Trinajstić information content (AvgIpc) is 2.75. The van der Waals surface area contributed by atoms with E-state index in [4.69, 9.17) is 5.26 Å². The van der Waals surface area contributed by atoms with E-state index in [1.165, 1.54) is 16.8 Å². The highest BCUT2D eigenvalue weighted by atomic mass is 19.4. The van der Waals surface area contributed by atoms with Crippen LogP contribution in [0.2, 0.25) is 0 Å². The fourth-order valence-electron chi connectivity index (χ4n) is 1.59. The summed E-state index contributed by atoms with van der Waals surface area (Å²) in [4.78, 5) is 3.78. The zero-order valence-electron chi connectivity index (χ0n) is 9.15. The molecule has 2 rings (SSSR count). The minimum Gasteiger partial charge on any atom is -0.318 e. The van der Waals surface area contributed by atoms with Gasteiger partial charge in [-0.15, -0.1) is 0 Å². The van der Waals surface area contributed by atoms with Gasteiger partial charge in [0.1, 0.15) is 6.07 Å². The van der Waals surface area contributed by atoms with Crippen LogP contribution >= 0.6 is 0 Å². The number of nitriles is 1. The van der Waals surface area contributed by atoms with Crippen LogP contribution in [0.15, 0.2) is 36.7 Å². The fourth-order valence-corrected chi connectivity index (χ4v) is 1.59. The van der Waals surface area contributed by atoms with Crippen molar-refractivity contribution in [3.63, 3.8) is 0 Å². The molecule has 0 saturated heterocycles. The molecule has 0 bridgehead atoms. The molecular weight excluding hydrogens is 243 g/mol. The van der Waals surface area contributed by atoms with E-state index in [1.807, 2.05) is 6.07 Å². The molecule has 0 N–H and O–H groups in total. The van der Waals surface area contributed by atoms with E-state index >= 15 is 0 Å². The Hall–Kier alpha value is -2.29. The standard InChI is InChI=1S/C12H8F3N3/c13-12(14,15)10-3-1-2-9(6-10)8-18-5-4-17-11(18)7-16/h1-6H,8H2. The van der Waals surface area contributed by atoms with Gasteiger partial charge in [0.05, 0.1) is 5.56 Å². The Morgan fingerprint density at radius 2 is 2.11 bits per heavy atom. The molecule has 0 aliphatic rings. The summed E-state index contributed by atoms with van der Waals surface area (Å²) in [5, 5.41) is 8.76. The molecular formula is C12H8F3N3. The first-order chi connectivity index (χ1) is 8.50. The summed E-state index contributed by atoms with van der Waals surface area (Å²) in [6.45, 7) is 0.187. The molecule has 0 saturated carbocycles. The first-order valence-electron chi connectivity index (χ1n) is 5.08. The lowest BCUT2D eigenvalue weighted by molar-refractivity contribution is -0.137. The van der Waals surface area contributed by atoms with Crippen molar-refractivity contribution in [1.82, 2.24) is 9.55 Å². The third kappa shape index (κ3) is 2.51. The Bertz CT molecular complexity index is 593. The number of aromatic nitrogens is 2. The Labute approximate surface area is 101 Å². The van der Waals surface area contributed by atoms with Crippen molar-refractivity contribution in [2.24, 2.45) is 0 Å². The minimum atomic E-state index is -4.36. The maximum absolute atomic E-state index is 12.5. The molecule has 18 heavy (non-hydrogen) atoms. The van der Waals surface area contributed by atoms with Crippen LogP contribution in [0, 0.1) is 11.3 Å². The first-order valence-corrected chi connectivity index (χ1v) is 5.08. The molecule has 0 spiro atoms. The van der Waals surface area contributed by atoms with Crippen molar-refractivity contribution < 1.29 is 13.2 Å². The summed E-state index contributed by atoms with van der Waals surface area (Å²) in [7, 11) is 0. The van der Waals surface area contributed by atoms with Gasteiger partial charge in [-0.1, -0.05) is 12.1 Å². The van der Waals surface area contributed by atoms with Crippen LogP contribution in [0.3, 0.4) is 0 Å². The molecule has 1 aromatic carbocycles. The van der Waals surface area contributed by atoms with E-state index in [-0.39, 0.29) is 12.4 Å². The maximum Gasteiger partial charge on any atom is 0.416 e. The van der Waals surface area contributed by atoms with Gasteiger partial charge in [0.25, 0.3) is 0 Å². The van der Waals surface area contributed by atoms with E-state index in [1.54, 1.807) is 12.3 Å². The molecule has 0 aliphatic carbocycles. The Balaban J connectivity index is 2.28. The zero-order chi connectivity index (χ0) is 13.2. The molecule has 92 valence electrons. The number of hydrogen-bond donors (Lipinski definition) is 0. The van der Waals surface area contributed by atoms with Gasteiger partial charge in [-0.3, -0.25) is 0 Å². The average molecular weight is 251 g/mol. The summed E-state index contributed by atoms with van der Waals surface area (Å²) in [6, 6.07) is 6.89. The van der Waals surface area contributed by atoms with Crippen molar-refractivity contribution in [3.8, 4) is 6.07 Å². The lowest BCUT2D eigenvalue weighted by Crippen LogP contribution is -2.07. The molecule has 0 aliphatic heterocycles. The lowest BCUT2D eigenvalue weighted by atomic mass is 10.1. The highest BCUT2D eigenvalue weighted by Crippen LogP contribution is 2.29. The van der Waals surface area contributed by atoms with Crippen LogP contribution in [0.5, 0.6) is 0 Å². The van der Waals surface area contributed by atoms with Gasteiger partial charge in [-0.2, -0.15) is 18.4 Å². The normalized spacial score (nSPS) is 11.2. The molecule has 3 nitrogen and oxygen atoms in total. The number of rotatable bonds is 2. The molecule has 0 fully saturated rings. The van der Waals surface area contributed by atoms with Crippen molar-refractivity contribution in [1.29, 1.82) is 5.26 Å². The van der Waals surface area contributed by atoms with E-state index < -0.39 is 11.7 Å². The van der Waals surface area contributed by atoms with E-state index in [2.05, 4.69) is 4.98 Å². The summed E-state index contributed by atoms with van der Waals surface area (Å²) in [5.41, 5.74) is -0.224. The second kappa shape index (κ2) is 4.53. The second-order valence-corrected chi connectivity index (χ2v) is 3.69. The summed E-state index contributed by atoms with van der Waals surface area (Å²) >= 11 is 0. The second-order valence-electron chi connectivity index (χ2n) is 3.69. The SMILES string of the molecule is N#Cc1nccn1Cc1cccc(C(F)(F)F)c1. The molecule has 2 aromatic rings. The van der Waals surface area contributed by atoms with E-state index in [0.717, 1.165) is 12.1 Å². The van der Waals surface area contributed by atoms with Crippen LogP contribution in [0.1, 0.15) is 17.0 Å². The van der Waals surface area contributed by atoms with Gasteiger partial charge in [-0.05, 0) is 17.7 Å². The third-order valence-corrected chi connectivity index (χ3v) is 2.42. The topological polar surface area (TPSA) is 41.6 Å². The predicted molar refractivity (Wildman–Crippen MR) is 57.5 cm³/mol. The molecule has 0 unspecified atom stereocenters. The first kappa shape index (κ1) is 12.2. The van der Waals surface area contributed by atoms with Gasteiger partial charge in [0.15, 0.2) is 0 Å². The minimum absolute atomic E-state index is 0.174. The molecule has 0 radical (unpaired) electrons. The summed E-state index contributed by atoms with van der Waals surface area (Å²) in [6.07, 6.45) is -1.37. The van der Waals surface area contributed by atoms with Crippen molar-refractivity contribution >= 4 is 0 Å². The van der Waals surface area contributed by atoms with Crippen molar-refractivity contribution in [2.45, 2.75) is 12.7 Å². The van der Waals surface area contributed by atoms with Crippen LogP contribution < -0.4 is 0 Å². The van der Waals surface area contributed by atoms with Gasteiger partial charge in [-0.25, -0.2) is 4.98 Å². The Morgan fingerprint density at radius 1 is 1.33 bits per heavy atom. The zero-order valence-corrected chi connectivity index (χ0v) is 9.15. The van der Waals surface area contributed by atoms with E-state index in [0.29, 0.717) is 5.56 Å². The third-order valence-electron chi connectivity index (χ3n) is 2.42. The number of halogens is 3. The number of benzene rings is 1. The molecule has 1 heterocycles. The van der Waals surface area contributed by atoms with Gasteiger partial charge < -0.3 is 4.57 Å². The van der Waals surface area contributed by atoms with Crippen LogP contribution in [0.4, 0.5) is 13.2 Å². The van der Waals surface area contributed by atoms with E-state index in [9.17, 15) is 13.2 Å². The molecule has 0 atom stereocenters. The smallest absolute Gasteiger partial charge is 0.318 e. The number of imidazole rings is 1. The number of nitrogens with zero attached hydrogens (tertiary/aromatic N) is 3. The molecule has 6 heteroatoms. The highest BCUT2D eigenvalue weighted by Gasteiger charge is 2.30. The van der Waals surface area contributed by atoms with Gasteiger partial charge >= 0.3 is 6.18 Å². The van der Waals surface area contributed by atoms with Crippen LogP contribution in [0.25, 0.3) is 0 Å². The monoisotopic (exact) mass is 251 g/mol. The molecule has 0 amide bonds. The summed E-state index contributed by atoms with van der Waals surface area (Å²) in [5.74, 6) is 0.174. The van der Waals surface area contributed by atoms with Crippen LogP contribution in [-0.4, -0.2) is 9.55 Å². The Morgan fingerprint density at radius 3 is 2.78 bits per heavy atom. The van der Waals surface area contributed by atoms with Crippen molar-refractivity contribution in [3.05, 3.63) is 53.6 Å².